The zero-order valence-electron chi connectivity index (χ0n) is 11.4. The van der Waals surface area contributed by atoms with Gasteiger partial charge in [-0.2, -0.15) is 0 Å². The van der Waals surface area contributed by atoms with Gasteiger partial charge in [0.2, 0.25) is 0 Å². The topological polar surface area (TPSA) is 79.7 Å². The van der Waals surface area contributed by atoms with Crippen LogP contribution in [0.1, 0.15) is 36.5 Å². The number of rotatable bonds is 3. The highest BCUT2D eigenvalue weighted by atomic mass is 16.5. The molecule has 20 heavy (non-hydrogen) atoms. The molecule has 1 fully saturated rings. The maximum atomic E-state index is 12.5. The number of esters is 1. The third kappa shape index (κ3) is 2.89. The van der Waals surface area contributed by atoms with Crippen LogP contribution in [-0.4, -0.2) is 46.1 Å². The van der Waals surface area contributed by atoms with Gasteiger partial charge in [0.05, 0.1) is 18.4 Å². The van der Waals surface area contributed by atoms with Crippen LogP contribution in [0.4, 0.5) is 0 Å². The van der Waals surface area contributed by atoms with E-state index in [1.165, 1.54) is 23.4 Å². The molecule has 0 spiro atoms. The van der Waals surface area contributed by atoms with E-state index in [0.717, 1.165) is 12.8 Å². The molecule has 2 rings (SSSR count). The second-order valence-electron chi connectivity index (χ2n) is 4.65. The Bertz CT molecular complexity index is 504. The molecule has 1 N–H and O–H groups in total. The lowest BCUT2D eigenvalue weighted by molar-refractivity contribution is -0.149. The van der Waals surface area contributed by atoms with Crippen molar-refractivity contribution < 1.29 is 19.4 Å². The minimum Gasteiger partial charge on any atom is -0.505 e. The predicted octanol–water partition coefficient (Wildman–Crippen LogP) is 1.34. The average molecular weight is 278 g/mol. The molecule has 108 valence electrons. The smallest absolute Gasteiger partial charge is 0.328 e. The van der Waals surface area contributed by atoms with Crippen molar-refractivity contribution in [2.75, 3.05) is 13.2 Å². The number of piperidine rings is 1. The van der Waals surface area contributed by atoms with Crippen LogP contribution in [0, 0.1) is 0 Å². The molecular weight excluding hydrogens is 260 g/mol. The number of amides is 1. The molecular formula is C14H18N2O4. The highest BCUT2D eigenvalue weighted by Gasteiger charge is 2.34. The molecule has 1 unspecified atom stereocenters. The number of carbonyl (C=O) groups is 2. The number of ether oxygens (including phenoxy) is 1. The second-order valence-corrected chi connectivity index (χ2v) is 4.65. The van der Waals surface area contributed by atoms with Crippen LogP contribution < -0.4 is 0 Å². The summed E-state index contributed by atoms with van der Waals surface area (Å²) in [6.45, 7) is 2.52. The summed E-state index contributed by atoms with van der Waals surface area (Å²) in [6, 6.07) is 0.887. The number of nitrogens with zero attached hydrogens (tertiary/aromatic N) is 2. The van der Waals surface area contributed by atoms with Gasteiger partial charge >= 0.3 is 5.97 Å². The standard InChI is InChI=1S/C14H18N2O4/c1-2-20-14(19)11-5-3-4-8-16(11)13(18)10-6-7-15-9-12(10)17/h6-7,9,11,17H,2-5,8H2,1H3. The molecule has 0 aliphatic carbocycles. The molecule has 1 aromatic rings. The van der Waals surface area contributed by atoms with E-state index in [1.807, 2.05) is 0 Å². The van der Waals surface area contributed by atoms with Crippen molar-refractivity contribution in [2.45, 2.75) is 32.2 Å². The van der Waals surface area contributed by atoms with Crippen LogP contribution in [0.3, 0.4) is 0 Å². The van der Waals surface area contributed by atoms with Crippen LogP contribution in [-0.2, 0) is 9.53 Å². The molecule has 2 heterocycles. The summed E-state index contributed by atoms with van der Waals surface area (Å²) in [5.41, 5.74) is 0.163. The number of hydrogen-bond acceptors (Lipinski definition) is 5. The summed E-state index contributed by atoms with van der Waals surface area (Å²) >= 11 is 0. The van der Waals surface area contributed by atoms with Crippen molar-refractivity contribution in [2.24, 2.45) is 0 Å². The van der Waals surface area contributed by atoms with Crippen LogP contribution in [0.15, 0.2) is 18.5 Å². The van der Waals surface area contributed by atoms with Gasteiger partial charge in [-0.15, -0.1) is 0 Å². The largest absolute Gasteiger partial charge is 0.505 e. The van der Waals surface area contributed by atoms with Crippen LogP contribution in [0.5, 0.6) is 5.75 Å². The Morgan fingerprint density at radius 3 is 3.00 bits per heavy atom. The van der Waals surface area contributed by atoms with E-state index < -0.39 is 6.04 Å². The van der Waals surface area contributed by atoms with Crippen molar-refractivity contribution in [1.82, 2.24) is 9.88 Å². The molecule has 6 nitrogen and oxygen atoms in total. The van der Waals surface area contributed by atoms with Crippen molar-refractivity contribution >= 4 is 11.9 Å². The average Bonchev–Trinajstić information content (AvgIpc) is 2.47. The van der Waals surface area contributed by atoms with Gasteiger partial charge in [-0.05, 0) is 32.3 Å². The van der Waals surface area contributed by atoms with Crippen molar-refractivity contribution in [3.05, 3.63) is 24.0 Å². The minimum atomic E-state index is -0.566. The Kier molecular flexibility index (Phi) is 4.55. The lowest BCUT2D eigenvalue weighted by atomic mass is 10.0. The zero-order valence-corrected chi connectivity index (χ0v) is 11.4. The fourth-order valence-corrected chi connectivity index (χ4v) is 2.38. The fourth-order valence-electron chi connectivity index (χ4n) is 2.38. The Morgan fingerprint density at radius 1 is 1.50 bits per heavy atom. The number of carbonyl (C=O) groups excluding carboxylic acids is 2. The van der Waals surface area contributed by atoms with E-state index in [2.05, 4.69) is 4.98 Å². The number of pyridine rings is 1. The zero-order chi connectivity index (χ0) is 14.5. The minimum absolute atomic E-state index is 0.163. The fraction of sp³-hybridized carbons (Fsp3) is 0.500. The van der Waals surface area contributed by atoms with Crippen LogP contribution in [0.25, 0.3) is 0 Å². The SMILES string of the molecule is CCOC(=O)C1CCCCN1C(=O)c1ccncc1O. The van der Waals surface area contributed by atoms with Gasteiger partial charge in [-0.25, -0.2) is 4.79 Å². The first-order chi connectivity index (χ1) is 9.65. The van der Waals surface area contributed by atoms with Crippen molar-refractivity contribution in [3.63, 3.8) is 0 Å². The quantitative estimate of drug-likeness (QED) is 0.844. The Balaban J connectivity index is 2.22. The first-order valence-corrected chi connectivity index (χ1v) is 6.75. The lowest BCUT2D eigenvalue weighted by Gasteiger charge is -2.34. The third-order valence-electron chi connectivity index (χ3n) is 3.35. The van der Waals surface area contributed by atoms with E-state index in [4.69, 9.17) is 4.74 Å². The van der Waals surface area contributed by atoms with Gasteiger partial charge in [0.25, 0.3) is 5.91 Å². The summed E-state index contributed by atoms with van der Waals surface area (Å²) in [5, 5.41) is 9.71. The highest BCUT2D eigenvalue weighted by Crippen LogP contribution is 2.24. The van der Waals surface area contributed by atoms with Gasteiger partial charge < -0.3 is 14.7 Å². The van der Waals surface area contributed by atoms with Crippen molar-refractivity contribution in [1.29, 1.82) is 0 Å². The summed E-state index contributed by atoms with van der Waals surface area (Å²) in [4.78, 5) is 29.6. The van der Waals surface area contributed by atoms with Gasteiger partial charge in [0, 0.05) is 12.7 Å². The molecule has 1 aromatic heterocycles. The molecule has 1 saturated heterocycles. The Morgan fingerprint density at radius 2 is 2.30 bits per heavy atom. The van der Waals surface area contributed by atoms with Gasteiger partial charge in [0.1, 0.15) is 11.8 Å². The monoisotopic (exact) mass is 278 g/mol. The number of aromatic hydroxyl groups is 1. The summed E-state index contributed by atoms with van der Waals surface area (Å²) < 4.78 is 5.02. The Labute approximate surface area is 117 Å². The maximum Gasteiger partial charge on any atom is 0.328 e. The molecule has 1 amide bonds. The van der Waals surface area contributed by atoms with E-state index in [-0.39, 0.29) is 29.8 Å². The normalized spacial score (nSPS) is 18.6. The molecule has 1 aliphatic rings. The number of hydrogen-bond donors (Lipinski definition) is 1. The Hall–Kier alpha value is -2.11. The van der Waals surface area contributed by atoms with Gasteiger partial charge in [-0.1, -0.05) is 0 Å². The van der Waals surface area contributed by atoms with E-state index >= 15 is 0 Å². The summed E-state index contributed by atoms with van der Waals surface area (Å²) in [5.74, 6) is -0.914. The van der Waals surface area contributed by atoms with E-state index in [0.29, 0.717) is 13.0 Å². The summed E-state index contributed by atoms with van der Waals surface area (Å²) in [6.07, 6.45) is 4.98. The van der Waals surface area contributed by atoms with Crippen LogP contribution in [0.2, 0.25) is 0 Å². The first kappa shape index (κ1) is 14.3. The van der Waals surface area contributed by atoms with Crippen LogP contribution >= 0.6 is 0 Å². The number of aromatic nitrogens is 1. The molecule has 1 aliphatic heterocycles. The summed E-state index contributed by atoms with van der Waals surface area (Å²) in [7, 11) is 0. The predicted molar refractivity (Wildman–Crippen MR) is 71.2 cm³/mol. The molecule has 0 radical (unpaired) electrons. The van der Waals surface area contributed by atoms with E-state index in [9.17, 15) is 14.7 Å². The molecule has 1 atom stereocenters. The molecule has 0 saturated carbocycles. The third-order valence-corrected chi connectivity index (χ3v) is 3.35. The second kappa shape index (κ2) is 6.36. The number of likely N-dealkylation sites (tertiary alicyclic amines) is 1. The molecule has 6 heteroatoms. The maximum absolute atomic E-state index is 12.5. The van der Waals surface area contributed by atoms with Crippen molar-refractivity contribution in [3.8, 4) is 5.75 Å². The molecule has 0 bridgehead atoms. The van der Waals surface area contributed by atoms with Gasteiger partial charge in [-0.3, -0.25) is 9.78 Å². The first-order valence-electron chi connectivity index (χ1n) is 6.75. The molecule has 0 aromatic carbocycles. The van der Waals surface area contributed by atoms with Gasteiger partial charge in [0.15, 0.2) is 0 Å². The highest BCUT2D eigenvalue weighted by molar-refractivity contribution is 5.98. The van der Waals surface area contributed by atoms with E-state index in [1.54, 1.807) is 6.92 Å². The lowest BCUT2D eigenvalue weighted by Crippen LogP contribution is -2.48.